The van der Waals surface area contributed by atoms with Crippen LogP contribution < -0.4 is 16.2 Å². The zero-order valence-electron chi connectivity index (χ0n) is 16.5. The number of hydrazine groups is 1. The van der Waals surface area contributed by atoms with Crippen LogP contribution in [0.15, 0.2) is 54.6 Å². The smallest absolute Gasteiger partial charge is 0.329 e. The van der Waals surface area contributed by atoms with Crippen molar-refractivity contribution in [2.24, 2.45) is 5.92 Å². The van der Waals surface area contributed by atoms with Crippen LogP contribution in [0.4, 0.5) is 4.39 Å². The maximum atomic E-state index is 13.0. The summed E-state index contributed by atoms with van der Waals surface area (Å²) in [6.45, 7) is 2.73. The first-order chi connectivity index (χ1) is 14.3. The third-order valence-corrected chi connectivity index (χ3v) is 4.01. The van der Waals surface area contributed by atoms with E-state index < -0.39 is 42.2 Å². The molecule has 8 nitrogen and oxygen atoms in total. The van der Waals surface area contributed by atoms with Crippen molar-refractivity contribution in [2.45, 2.75) is 19.9 Å². The number of benzene rings is 2. The number of carbonyl (C=O) groups excluding carboxylic acids is 4. The van der Waals surface area contributed by atoms with Crippen molar-refractivity contribution in [1.82, 2.24) is 16.2 Å². The van der Waals surface area contributed by atoms with Crippen molar-refractivity contribution in [2.75, 3.05) is 6.61 Å². The number of esters is 1. The van der Waals surface area contributed by atoms with E-state index >= 15 is 0 Å². The zero-order chi connectivity index (χ0) is 22.1. The molecule has 0 heterocycles. The summed E-state index contributed by atoms with van der Waals surface area (Å²) in [7, 11) is 0. The van der Waals surface area contributed by atoms with Gasteiger partial charge in [-0.3, -0.25) is 25.2 Å². The van der Waals surface area contributed by atoms with Crippen molar-refractivity contribution in [3.05, 3.63) is 71.5 Å². The van der Waals surface area contributed by atoms with Gasteiger partial charge in [0.2, 0.25) is 0 Å². The largest absolute Gasteiger partial charge is 0.454 e. The molecule has 0 unspecified atom stereocenters. The molecule has 2 aromatic carbocycles. The van der Waals surface area contributed by atoms with E-state index in [0.717, 1.165) is 12.1 Å². The maximum absolute atomic E-state index is 13.0. The second kappa shape index (κ2) is 10.7. The lowest BCUT2D eigenvalue weighted by atomic mass is 10.0. The van der Waals surface area contributed by atoms with E-state index in [-0.39, 0.29) is 11.5 Å². The highest BCUT2D eigenvalue weighted by molar-refractivity contribution is 5.97. The minimum atomic E-state index is -1.02. The summed E-state index contributed by atoms with van der Waals surface area (Å²) >= 11 is 0. The number of rotatable bonds is 7. The van der Waals surface area contributed by atoms with Crippen LogP contribution in [0, 0.1) is 11.7 Å². The fraction of sp³-hybridized carbons (Fsp3) is 0.238. The van der Waals surface area contributed by atoms with Crippen LogP contribution in [0.2, 0.25) is 0 Å². The van der Waals surface area contributed by atoms with Crippen LogP contribution in [0.25, 0.3) is 0 Å². The number of amides is 3. The van der Waals surface area contributed by atoms with E-state index in [1.54, 1.807) is 44.2 Å². The molecule has 30 heavy (non-hydrogen) atoms. The predicted octanol–water partition coefficient (Wildman–Crippen LogP) is 1.58. The summed E-state index contributed by atoms with van der Waals surface area (Å²) in [5.74, 6) is -3.49. The summed E-state index contributed by atoms with van der Waals surface area (Å²) < 4.78 is 17.9. The van der Waals surface area contributed by atoms with Crippen LogP contribution in [0.5, 0.6) is 0 Å². The Morgan fingerprint density at radius 2 is 1.47 bits per heavy atom. The number of hydrogen-bond donors (Lipinski definition) is 3. The summed E-state index contributed by atoms with van der Waals surface area (Å²) in [5, 5.41) is 2.51. The molecule has 0 fully saturated rings. The number of nitrogens with one attached hydrogen (secondary N) is 3. The molecular formula is C21H22FN3O5. The van der Waals surface area contributed by atoms with Gasteiger partial charge >= 0.3 is 5.97 Å². The second-order valence-electron chi connectivity index (χ2n) is 6.68. The Labute approximate surface area is 172 Å². The van der Waals surface area contributed by atoms with E-state index in [9.17, 15) is 23.6 Å². The number of hydrogen-bond acceptors (Lipinski definition) is 5. The summed E-state index contributed by atoms with van der Waals surface area (Å²) in [4.78, 5) is 48.2. The maximum Gasteiger partial charge on any atom is 0.329 e. The SMILES string of the molecule is CC(C)[C@H](NC(=O)c1ccc(F)cc1)C(=O)OCC(=O)NNC(=O)c1ccccc1. The molecule has 158 valence electrons. The average Bonchev–Trinajstić information content (AvgIpc) is 2.74. The van der Waals surface area contributed by atoms with Gasteiger partial charge in [0.1, 0.15) is 11.9 Å². The molecule has 0 spiro atoms. The molecule has 0 aliphatic carbocycles. The van der Waals surface area contributed by atoms with Gasteiger partial charge in [-0.15, -0.1) is 0 Å². The molecular weight excluding hydrogens is 393 g/mol. The first-order valence-corrected chi connectivity index (χ1v) is 9.15. The van der Waals surface area contributed by atoms with Gasteiger partial charge in [-0.1, -0.05) is 32.0 Å². The summed E-state index contributed by atoms with van der Waals surface area (Å²) in [6.07, 6.45) is 0. The van der Waals surface area contributed by atoms with Gasteiger partial charge < -0.3 is 10.1 Å². The molecule has 1 atom stereocenters. The molecule has 0 saturated carbocycles. The minimum absolute atomic E-state index is 0.177. The highest BCUT2D eigenvalue weighted by atomic mass is 19.1. The Balaban J connectivity index is 1.84. The second-order valence-corrected chi connectivity index (χ2v) is 6.68. The molecule has 2 aromatic rings. The van der Waals surface area contributed by atoms with Crippen LogP contribution in [0.1, 0.15) is 34.6 Å². The first kappa shape index (κ1) is 22.5. The van der Waals surface area contributed by atoms with Gasteiger partial charge in [0.05, 0.1) is 0 Å². The van der Waals surface area contributed by atoms with Crippen molar-refractivity contribution >= 4 is 23.7 Å². The highest BCUT2D eigenvalue weighted by Crippen LogP contribution is 2.08. The van der Waals surface area contributed by atoms with Gasteiger partial charge in [-0.05, 0) is 42.3 Å². The molecule has 0 radical (unpaired) electrons. The first-order valence-electron chi connectivity index (χ1n) is 9.15. The Hall–Kier alpha value is -3.75. The van der Waals surface area contributed by atoms with Crippen LogP contribution in [0.3, 0.4) is 0 Å². The number of carbonyl (C=O) groups is 4. The monoisotopic (exact) mass is 415 g/mol. The van der Waals surface area contributed by atoms with Crippen LogP contribution >= 0.6 is 0 Å². The average molecular weight is 415 g/mol. The van der Waals surface area contributed by atoms with E-state index in [4.69, 9.17) is 4.74 Å². The molecule has 9 heteroatoms. The van der Waals surface area contributed by atoms with E-state index in [1.165, 1.54) is 12.1 Å². The van der Waals surface area contributed by atoms with Gasteiger partial charge in [-0.2, -0.15) is 0 Å². The van der Waals surface area contributed by atoms with E-state index in [0.29, 0.717) is 5.56 Å². The summed E-state index contributed by atoms with van der Waals surface area (Å²) in [6, 6.07) is 12.0. The highest BCUT2D eigenvalue weighted by Gasteiger charge is 2.26. The van der Waals surface area contributed by atoms with Crippen molar-refractivity contribution in [1.29, 1.82) is 0 Å². The summed E-state index contributed by atoms with van der Waals surface area (Å²) in [5.41, 5.74) is 4.86. The molecule has 3 N–H and O–H groups in total. The molecule has 0 aliphatic rings. The van der Waals surface area contributed by atoms with E-state index in [1.807, 2.05) is 0 Å². The van der Waals surface area contributed by atoms with Gasteiger partial charge in [0.25, 0.3) is 17.7 Å². The topological polar surface area (TPSA) is 114 Å². The molecule has 3 amide bonds. The standard InChI is InChI=1S/C21H22FN3O5/c1-13(2)18(23-19(27)15-8-10-16(22)11-9-15)21(29)30-12-17(26)24-25-20(28)14-6-4-3-5-7-14/h3-11,13,18H,12H2,1-2H3,(H,23,27)(H,24,26)(H,25,28)/t18-/m0/s1. The molecule has 0 saturated heterocycles. The minimum Gasteiger partial charge on any atom is -0.454 e. The molecule has 0 aromatic heterocycles. The number of halogens is 1. The Morgan fingerprint density at radius 1 is 0.867 bits per heavy atom. The molecule has 0 bridgehead atoms. The predicted molar refractivity (Wildman–Crippen MR) is 106 cm³/mol. The fourth-order valence-corrected chi connectivity index (χ4v) is 2.37. The van der Waals surface area contributed by atoms with Crippen LogP contribution in [-0.4, -0.2) is 36.3 Å². The van der Waals surface area contributed by atoms with Gasteiger partial charge in [0.15, 0.2) is 6.61 Å². The normalized spacial score (nSPS) is 11.3. The Kier molecular flexibility index (Phi) is 8.04. The Morgan fingerprint density at radius 3 is 2.07 bits per heavy atom. The van der Waals surface area contributed by atoms with Crippen molar-refractivity contribution < 1.29 is 28.3 Å². The lowest BCUT2D eigenvalue weighted by Crippen LogP contribution is -2.47. The lowest BCUT2D eigenvalue weighted by Gasteiger charge is -2.20. The zero-order valence-corrected chi connectivity index (χ0v) is 16.5. The fourth-order valence-electron chi connectivity index (χ4n) is 2.37. The molecule has 0 aliphatic heterocycles. The third-order valence-electron chi connectivity index (χ3n) is 4.01. The quantitative estimate of drug-likeness (QED) is 0.469. The van der Waals surface area contributed by atoms with Crippen molar-refractivity contribution in [3.8, 4) is 0 Å². The Bertz CT molecular complexity index is 901. The van der Waals surface area contributed by atoms with Crippen LogP contribution in [-0.2, 0) is 14.3 Å². The van der Waals surface area contributed by atoms with E-state index in [2.05, 4.69) is 16.2 Å². The van der Waals surface area contributed by atoms with Gasteiger partial charge in [-0.25, -0.2) is 9.18 Å². The third kappa shape index (κ3) is 6.69. The number of ether oxygens (including phenoxy) is 1. The van der Waals surface area contributed by atoms with Gasteiger partial charge in [0, 0.05) is 11.1 Å². The lowest BCUT2D eigenvalue weighted by molar-refractivity contribution is -0.151. The van der Waals surface area contributed by atoms with Crippen molar-refractivity contribution in [3.63, 3.8) is 0 Å². The molecule has 2 rings (SSSR count).